The zero-order valence-corrected chi connectivity index (χ0v) is 16.8. The average Bonchev–Trinajstić information content (AvgIpc) is 3.46. The van der Waals surface area contributed by atoms with Gasteiger partial charge in [-0.15, -0.1) is 0 Å². The van der Waals surface area contributed by atoms with Gasteiger partial charge in [-0.2, -0.15) is 0 Å². The molecule has 2 aromatic carbocycles. The fourth-order valence-corrected chi connectivity index (χ4v) is 4.46. The molecule has 0 saturated carbocycles. The summed E-state index contributed by atoms with van der Waals surface area (Å²) in [6.07, 6.45) is 0.827. The minimum absolute atomic E-state index is 0.128. The predicted molar refractivity (Wildman–Crippen MR) is 107 cm³/mol. The molecule has 2 aromatic rings. The number of esters is 4. The summed E-state index contributed by atoms with van der Waals surface area (Å²) >= 11 is 0. The van der Waals surface area contributed by atoms with E-state index in [0.29, 0.717) is 16.7 Å². The largest absolute Gasteiger partial charge is 0.459 e. The number of benzene rings is 2. The number of carbonyl (C=O) groups is 4. The summed E-state index contributed by atoms with van der Waals surface area (Å²) in [5.74, 6) is -4.30. The molecule has 8 nitrogen and oxygen atoms in total. The van der Waals surface area contributed by atoms with Gasteiger partial charge < -0.3 is 18.9 Å². The number of cyclic esters (lactones) is 2. The topological polar surface area (TPSA) is 105 Å². The molecule has 162 valence electrons. The second-order valence-electron chi connectivity index (χ2n) is 7.84. The summed E-state index contributed by atoms with van der Waals surface area (Å²) in [7, 11) is 0. The van der Waals surface area contributed by atoms with E-state index in [1.165, 1.54) is 0 Å². The minimum Gasteiger partial charge on any atom is -0.459 e. The summed E-state index contributed by atoms with van der Waals surface area (Å²) in [5.41, 5.74) is -0.0914. The highest BCUT2D eigenvalue weighted by Gasteiger charge is 2.69. The van der Waals surface area contributed by atoms with Crippen molar-refractivity contribution in [2.45, 2.75) is 11.7 Å². The van der Waals surface area contributed by atoms with E-state index < -0.39 is 47.4 Å². The third-order valence-electron chi connectivity index (χ3n) is 5.90. The number of hydrogen-bond donors (Lipinski definition) is 0. The smallest absolute Gasteiger partial charge is 0.338 e. The summed E-state index contributed by atoms with van der Waals surface area (Å²) in [4.78, 5) is 49.4. The molecule has 2 fully saturated rings. The van der Waals surface area contributed by atoms with E-state index in [1.807, 2.05) is 0 Å². The van der Waals surface area contributed by atoms with Crippen molar-refractivity contribution in [3.63, 3.8) is 0 Å². The minimum atomic E-state index is -1.35. The molecule has 0 radical (unpaired) electrons. The maximum atomic E-state index is 12.4. The predicted octanol–water partition coefficient (Wildman–Crippen LogP) is 2.09. The number of ether oxygens (including phenoxy) is 4. The summed E-state index contributed by atoms with van der Waals surface area (Å²) < 4.78 is 21.7. The van der Waals surface area contributed by atoms with Gasteiger partial charge >= 0.3 is 23.9 Å². The first-order valence-corrected chi connectivity index (χ1v) is 10.1. The van der Waals surface area contributed by atoms with Crippen LogP contribution in [0.5, 0.6) is 0 Å². The van der Waals surface area contributed by atoms with Crippen LogP contribution in [-0.4, -0.2) is 48.8 Å². The number of hydrogen-bond acceptors (Lipinski definition) is 8. The Morgan fingerprint density at radius 3 is 2.06 bits per heavy atom. The van der Waals surface area contributed by atoms with Gasteiger partial charge in [0.1, 0.15) is 30.7 Å². The molecule has 2 saturated heterocycles. The fourth-order valence-electron chi connectivity index (χ4n) is 4.46. The van der Waals surface area contributed by atoms with Crippen molar-refractivity contribution in [3.8, 4) is 0 Å². The number of rotatable bonds is 6. The van der Waals surface area contributed by atoms with Gasteiger partial charge in [-0.05, 0) is 35.9 Å². The lowest BCUT2D eigenvalue weighted by atomic mass is 9.74. The van der Waals surface area contributed by atoms with Gasteiger partial charge in [-0.1, -0.05) is 36.4 Å². The molecule has 4 atom stereocenters. The van der Waals surface area contributed by atoms with Crippen LogP contribution in [0.15, 0.2) is 72.3 Å². The van der Waals surface area contributed by atoms with Crippen LogP contribution in [0, 0.1) is 11.8 Å². The normalized spacial score (nSPS) is 27.5. The lowest BCUT2D eigenvalue weighted by Crippen LogP contribution is -2.43. The van der Waals surface area contributed by atoms with Crippen molar-refractivity contribution in [1.29, 1.82) is 0 Å². The Bertz CT molecular complexity index is 1120. The highest BCUT2D eigenvalue weighted by molar-refractivity contribution is 5.99. The van der Waals surface area contributed by atoms with Crippen molar-refractivity contribution < 1.29 is 38.1 Å². The van der Waals surface area contributed by atoms with E-state index in [4.69, 9.17) is 18.9 Å². The standard InChI is InChI=1S/C24H18O8/c25-20(14-7-3-1-4-8-14)29-12-16-11-24(13-30-21(26)15-9-5-2-6-10-15)18-17(19(16)32-24)22(27)31-23(18)28/h1-11,17-19H,12-13H2. The van der Waals surface area contributed by atoms with Crippen LogP contribution >= 0.6 is 0 Å². The average molecular weight is 434 g/mol. The maximum Gasteiger partial charge on any atom is 0.338 e. The van der Waals surface area contributed by atoms with Gasteiger partial charge in [0, 0.05) is 0 Å². The molecule has 0 spiro atoms. The van der Waals surface area contributed by atoms with Gasteiger partial charge in [0.05, 0.1) is 17.2 Å². The molecule has 3 heterocycles. The van der Waals surface area contributed by atoms with E-state index in [2.05, 4.69) is 0 Å². The van der Waals surface area contributed by atoms with E-state index in [9.17, 15) is 19.2 Å². The van der Waals surface area contributed by atoms with E-state index >= 15 is 0 Å². The summed E-state index contributed by atoms with van der Waals surface area (Å²) in [6, 6.07) is 16.9. The van der Waals surface area contributed by atoms with Crippen LogP contribution in [-0.2, 0) is 28.5 Å². The molecular formula is C24H18O8. The Balaban J connectivity index is 1.35. The lowest BCUT2D eigenvalue weighted by molar-refractivity contribution is -0.159. The first-order valence-electron chi connectivity index (χ1n) is 10.1. The fraction of sp³-hybridized carbons (Fsp3) is 0.250. The molecule has 8 heteroatoms. The van der Waals surface area contributed by atoms with Crippen LogP contribution in [0.2, 0.25) is 0 Å². The van der Waals surface area contributed by atoms with Crippen molar-refractivity contribution in [2.24, 2.45) is 11.8 Å². The number of carbonyl (C=O) groups excluding carboxylic acids is 4. The van der Waals surface area contributed by atoms with Crippen LogP contribution in [0.25, 0.3) is 0 Å². The summed E-state index contributed by atoms with van der Waals surface area (Å²) in [6.45, 7) is -0.408. The van der Waals surface area contributed by atoms with E-state index in [0.717, 1.165) is 0 Å². The molecule has 3 aliphatic heterocycles. The third kappa shape index (κ3) is 3.29. The zero-order valence-electron chi connectivity index (χ0n) is 16.8. The molecule has 0 N–H and O–H groups in total. The molecule has 32 heavy (non-hydrogen) atoms. The Hall–Kier alpha value is -3.78. The zero-order chi connectivity index (χ0) is 22.3. The molecule has 4 unspecified atom stereocenters. The van der Waals surface area contributed by atoms with Crippen LogP contribution < -0.4 is 0 Å². The molecule has 5 rings (SSSR count). The van der Waals surface area contributed by atoms with Gasteiger partial charge in [0.2, 0.25) is 0 Å². The Morgan fingerprint density at radius 1 is 0.844 bits per heavy atom. The van der Waals surface area contributed by atoms with Gasteiger partial charge in [0.15, 0.2) is 0 Å². The van der Waals surface area contributed by atoms with Gasteiger partial charge in [0.25, 0.3) is 0 Å². The van der Waals surface area contributed by atoms with Gasteiger partial charge in [-0.25, -0.2) is 9.59 Å². The molecule has 0 amide bonds. The maximum absolute atomic E-state index is 12.4. The van der Waals surface area contributed by atoms with E-state index in [1.54, 1.807) is 66.7 Å². The van der Waals surface area contributed by atoms with Gasteiger partial charge in [-0.3, -0.25) is 9.59 Å². The Labute approximate surface area is 182 Å². The quantitative estimate of drug-likeness (QED) is 0.295. The Morgan fingerprint density at radius 2 is 1.44 bits per heavy atom. The monoisotopic (exact) mass is 434 g/mol. The Kier molecular flexibility index (Phi) is 4.86. The first kappa shape index (κ1) is 20.1. The SMILES string of the molecule is O=C(OCC1=CC2(COC(=O)c3ccccc3)OC1C1C(=O)OC(=O)C12)c1ccccc1. The third-order valence-corrected chi connectivity index (χ3v) is 5.90. The second-order valence-corrected chi connectivity index (χ2v) is 7.84. The van der Waals surface area contributed by atoms with E-state index in [-0.39, 0.29) is 13.2 Å². The van der Waals surface area contributed by atoms with Crippen LogP contribution in [0.1, 0.15) is 20.7 Å². The lowest BCUT2D eigenvalue weighted by Gasteiger charge is -2.27. The van der Waals surface area contributed by atoms with Crippen molar-refractivity contribution in [2.75, 3.05) is 13.2 Å². The number of fused-ring (bicyclic) bond motifs is 5. The molecule has 0 aromatic heterocycles. The highest BCUT2D eigenvalue weighted by Crippen LogP contribution is 2.53. The van der Waals surface area contributed by atoms with Crippen LogP contribution in [0.3, 0.4) is 0 Å². The van der Waals surface area contributed by atoms with Crippen LogP contribution in [0.4, 0.5) is 0 Å². The van der Waals surface area contributed by atoms with Crippen molar-refractivity contribution in [3.05, 3.63) is 83.4 Å². The van der Waals surface area contributed by atoms with Crippen molar-refractivity contribution >= 4 is 23.9 Å². The first-order chi connectivity index (χ1) is 15.5. The highest BCUT2D eigenvalue weighted by atomic mass is 16.6. The molecule has 2 bridgehead atoms. The molecule has 0 aliphatic carbocycles. The molecular weight excluding hydrogens is 416 g/mol. The summed E-state index contributed by atoms with van der Waals surface area (Å²) in [5, 5.41) is 0. The second kappa shape index (κ2) is 7.72. The molecule has 3 aliphatic rings. The van der Waals surface area contributed by atoms with Crippen molar-refractivity contribution in [1.82, 2.24) is 0 Å².